The second-order valence-electron chi connectivity index (χ2n) is 12.5. The number of halogens is 2. The third-order valence-electron chi connectivity index (χ3n) is 9.41. The number of amides is 1. The zero-order valence-corrected chi connectivity index (χ0v) is 28.5. The van der Waals surface area contributed by atoms with Gasteiger partial charge in [-0.1, -0.05) is 89.9 Å². The van der Waals surface area contributed by atoms with Crippen LogP contribution < -0.4 is 10.6 Å². The fourth-order valence-electron chi connectivity index (χ4n) is 6.84. The van der Waals surface area contributed by atoms with Crippen LogP contribution in [0.4, 0.5) is 5.69 Å². The average Bonchev–Trinajstić information content (AvgIpc) is 3.71. The molecule has 1 aliphatic heterocycles. The van der Waals surface area contributed by atoms with Gasteiger partial charge in [0.25, 0.3) is 5.91 Å². The molecular formula is C39H38Cl2N6O. The molecule has 1 fully saturated rings. The molecule has 2 aromatic heterocycles. The van der Waals surface area contributed by atoms with Crippen LogP contribution in [0.15, 0.2) is 103 Å². The lowest BCUT2D eigenvalue weighted by atomic mass is 9.99. The summed E-state index contributed by atoms with van der Waals surface area (Å²) in [5.41, 5.74) is 7.49. The molecule has 7 nitrogen and oxygen atoms in total. The van der Waals surface area contributed by atoms with Gasteiger partial charge in [0.2, 0.25) is 0 Å². The number of likely N-dealkylation sites (N-methyl/N-ethyl adjacent to an activating group) is 1. The highest BCUT2D eigenvalue weighted by Gasteiger charge is 2.28. The standard InChI is InChI=1S/C39H38Cl2N6O/c1-25(26-14-16-29(40)17-15-26)47-24-43-36(27-9-4-3-5-10-27)38(47)35-32-19-18-30(41)21-34(32)44-37(35)39(48)45-33-13-7-6-11-28(33)22-46-20-8-12-31(23-46)42-2/h3-7,9-11,13-19,21,24-25,31,42,44H,8,12,20,22-23H2,1-2H3,(H,45,48). The smallest absolute Gasteiger partial charge is 0.272 e. The van der Waals surface area contributed by atoms with Crippen LogP contribution in [0.25, 0.3) is 33.4 Å². The number of hydrogen-bond acceptors (Lipinski definition) is 4. The minimum absolute atomic E-state index is 0.109. The number of imidazole rings is 1. The van der Waals surface area contributed by atoms with Crippen molar-refractivity contribution >= 4 is 45.7 Å². The van der Waals surface area contributed by atoms with Crippen molar-refractivity contribution in [2.45, 2.75) is 38.4 Å². The van der Waals surface area contributed by atoms with E-state index in [0.717, 1.165) is 76.3 Å². The molecule has 0 aliphatic carbocycles. The van der Waals surface area contributed by atoms with Gasteiger partial charge >= 0.3 is 0 Å². The molecule has 2 unspecified atom stereocenters. The van der Waals surface area contributed by atoms with Crippen molar-refractivity contribution in [3.05, 3.63) is 130 Å². The summed E-state index contributed by atoms with van der Waals surface area (Å²) < 4.78 is 2.14. The van der Waals surface area contributed by atoms with Gasteiger partial charge in [-0.2, -0.15) is 0 Å². The Bertz CT molecular complexity index is 2050. The number of nitrogens with one attached hydrogen (secondary N) is 3. The molecule has 0 radical (unpaired) electrons. The number of para-hydroxylation sites is 1. The SMILES string of the molecule is CNC1CCCN(Cc2ccccc2NC(=O)c2[nH]c3cc(Cl)ccc3c2-c2c(-c3ccccc3)ncn2C(C)c2ccc(Cl)cc2)C1. The minimum atomic E-state index is -0.234. The maximum Gasteiger partial charge on any atom is 0.272 e. The van der Waals surface area contributed by atoms with Crippen molar-refractivity contribution in [2.75, 3.05) is 25.5 Å². The first kappa shape index (κ1) is 32.2. The van der Waals surface area contributed by atoms with E-state index in [0.29, 0.717) is 21.8 Å². The maximum absolute atomic E-state index is 14.5. The quantitative estimate of drug-likeness (QED) is 0.143. The van der Waals surface area contributed by atoms with E-state index in [1.54, 1.807) is 0 Å². The number of benzene rings is 4. The Kier molecular flexibility index (Phi) is 9.37. The van der Waals surface area contributed by atoms with Crippen molar-refractivity contribution in [1.82, 2.24) is 24.8 Å². The number of likely N-dealkylation sites (tertiary alicyclic amines) is 1. The number of rotatable bonds is 9. The predicted molar refractivity (Wildman–Crippen MR) is 197 cm³/mol. The van der Waals surface area contributed by atoms with Gasteiger partial charge in [0.15, 0.2) is 0 Å². The molecule has 3 N–H and O–H groups in total. The summed E-state index contributed by atoms with van der Waals surface area (Å²) in [6.07, 6.45) is 4.18. The summed E-state index contributed by atoms with van der Waals surface area (Å²) in [6.45, 7) is 4.90. The van der Waals surface area contributed by atoms with E-state index in [1.165, 1.54) is 6.42 Å². The number of carbonyl (C=O) groups is 1. The molecule has 9 heteroatoms. The van der Waals surface area contributed by atoms with Crippen LogP contribution in [0.1, 0.15) is 47.4 Å². The molecule has 1 aliphatic rings. The Hall–Kier alpha value is -4.40. The van der Waals surface area contributed by atoms with E-state index in [1.807, 2.05) is 104 Å². The van der Waals surface area contributed by atoms with Crippen LogP contribution in [0, 0.1) is 0 Å². The average molecular weight is 678 g/mol. The number of aromatic nitrogens is 3. The fourth-order valence-corrected chi connectivity index (χ4v) is 7.14. The highest BCUT2D eigenvalue weighted by molar-refractivity contribution is 6.31. The van der Waals surface area contributed by atoms with Crippen LogP contribution >= 0.6 is 23.2 Å². The van der Waals surface area contributed by atoms with Crippen molar-refractivity contribution in [3.63, 3.8) is 0 Å². The number of hydrogen-bond donors (Lipinski definition) is 3. The van der Waals surface area contributed by atoms with Crippen LogP contribution in [0.5, 0.6) is 0 Å². The number of anilines is 1. The van der Waals surface area contributed by atoms with Crippen molar-refractivity contribution in [1.29, 1.82) is 0 Å². The van der Waals surface area contributed by atoms with Gasteiger partial charge in [0, 0.05) is 56.9 Å². The lowest BCUT2D eigenvalue weighted by molar-refractivity contribution is 0.102. The van der Waals surface area contributed by atoms with E-state index >= 15 is 0 Å². The molecule has 0 spiro atoms. The molecule has 244 valence electrons. The normalized spacial score (nSPS) is 15.9. The molecule has 4 aromatic carbocycles. The molecule has 1 saturated heterocycles. The Morgan fingerprint density at radius 2 is 1.73 bits per heavy atom. The largest absolute Gasteiger partial charge is 0.350 e. The number of carbonyl (C=O) groups excluding carboxylic acids is 1. The number of piperidine rings is 1. The van der Waals surface area contributed by atoms with E-state index in [9.17, 15) is 4.79 Å². The van der Waals surface area contributed by atoms with Crippen LogP contribution in [0.2, 0.25) is 10.0 Å². The van der Waals surface area contributed by atoms with E-state index in [-0.39, 0.29) is 11.9 Å². The van der Waals surface area contributed by atoms with Gasteiger partial charge in [-0.05, 0) is 74.8 Å². The zero-order chi connectivity index (χ0) is 33.2. The molecule has 0 bridgehead atoms. The van der Waals surface area contributed by atoms with Crippen molar-refractivity contribution < 1.29 is 4.79 Å². The molecule has 6 aromatic rings. The van der Waals surface area contributed by atoms with Gasteiger partial charge in [0.1, 0.15) is 5.69 Å². The molecule has 7 rings (SSSR count). The van der Waals surface area contributed by atoms with Crippen molar-refractivity contribution in [3.8, 4) is 22.5 Å². The highest BCUT2D eigenvalue weighted by Crippen LogP contribution is 2.41. The summed E-state index contributed by atoms with van der Waals surface area (Å²) in [6, 6.07) is 32.1. The summed E-state index contributed by atoms with van der Waals surface area (Å²) in [7, 11) is 2.03. The van der Waals surface area contributed by atoms with Crippen LogP contribution in [-0.2, 0) is 6.54 Å². The number of H-pyrrole nitrogens is 1. The maximum atomic E-state index is 14.5. The van der Waals surface area contributed by atoms with E-state index in [4.69, 9.17) is 28.2 Å². The van der Waals surface area contributed by atoms with E-state index in [2.05, 4.69) is 38.1 Å². The zero-order valence-electron chi connectivity index (χ0n) is 27.0. The van der Waals surface area contributed by atoms with Gasteiger partial charge < -0.3 is 20.2 Å². The van der Waals surface area contributed by atoms with Gasteiger partial charge in [0.05, 0.1) is 23.8 Å². The lowest BCUT2D eigenvalue weighted by Crippen LogP contribution is -2.43. The number of fused-ring (bicyclic) bond motifs is 1. The summed E-state index contributed by atoms with van der Waals surface area (Å²) in [5, 5.41) is 8.85. The van der Waals surface area contributed by atoms with Crippen LogP contribution in [-0.4, -0.2) is 51.5 Å². The first-order valence-corrected chi connectivity index (χ1v) is 17.1. The van der Waals surface area contributed by atoms with E-state index < -0.39 is 0 Å². The number of nitrogens with zero attached hydrogens (tertiary/aromatic N) is 3. The molecule has 1 amide bonds. The summed E-state index contributed by atoms with van der Waals surface area (Å²) in [4.78, 5) is 25.4. The Balaban J connectivity index is 1.34. The first-order chi connectivity index (χ1) is 23.4. The fraction of sp³-hybridized carbons (Fsp3) is 0.231. The molecular weight excluding hydrogens is 639 g/mol. The third kappa shape index (κ3) is 6.51. The second-order valence-corrected chi connectivity index (χ2v) is 13.4. The van der Waals surface area contributed by atoms with Crippen molar-refractivity contribution in [2.24, 2.45) is 0 Å². The highest BCUT2D eigenvalue weighted by atomic mass is 35.5. The third-order valence-corrected chi connectivity index (χ3v) is 9.90. The second kappa shape index (κ2) is 14.0. The predicted octanol–water partition coefficient (Wildman–Crippen LogP) is 9.05. The topological polar surface area (TPSA) is 78.0 Å². The Morgan fingerprint density at radius 1 is 0.979 bits per heavy atom. The molecule has 2 atom stereocenters. The minimum Gasteiger partial charge on any atom is -0.350 e. The Labute approximate surface area is 290 Å². The Morgan fingerprint density at radius 3 is 2.52 bits per heavy atom. The lowest BCUT2D eigenvalue weighted by Gasteiger charge is -2.33. The van der Waals surface area contributed by atoms with Crippen LogP contribution in [0.3, 0.4) is 0 Å². The molecule has 48 heavy (non-hydrogen) atoms. The number of aromatic amines is 1. The monoisotopic (exact) mass is 676 g/mol. The summed E-state index contributed by atoms with van der Waals surface area (Å²) >= 11 is 12.7. The molecule has 3 heterocycles. The first-order valence-electron chi connectivity index (χ1n) is 16.4. The molecule has 0 saturated carbocycles. The van der Waals surface area contributed by atoms with Gasteiger partial charge in [-0.3, -0.25) is 9.69 Å². The van der Waals surface area contributed by atoms with Gasteiger partial charge in [-0.15, -0.1) is 0 Å². The van der Waals surface area contributed by atoms with Gasteiger partial charge in [-0.25, -0.2) is 4.98 Å². The summed E-state index contributed by atoms with van der Waals surface area (Å²) in [5.74, 6) is -0.234.